The van der Waals surface area contributed by atoms with E-state index in [9.17, 15) is 9.59 Å². The van der Waals surface area contributed by atoms with Crippen molar-refractivity contribution in [2.24, 2.45) is 0 Å². The molecule has 1 aliphatic rings. The van der Waals surface area contributed by atoms with Gasteiger partial charge in [0.2, 0.25) is 0 Å². The fraction of sp³-hybridized carbons (Fsp3) is 0.200. The molecular weight excluding hydrogens is 449 g/mol. The van der Waals surface area contributed by atoms with Crippen LogP contribution >= 0.6 is 23.2 Å². The fourth-order valence-corrected chi connectivity index (χ4v) is 4.33. The third-order valence-electron chi connectivity index (χ3n) is 5.57. The molecule has 0 saturated carbocycles. The van der Waals surface area contributed by atoms with Crippen LogP contribution in [0, 0.1) is 0 Å². The molecule has 0 radical (unpaired) electrons. The van der Waals surface area contributed by atoms with Crippen LogP contribution in [0.4, 0.5) is 0 Å². The van der Waals surface area contributed by atoms with E-state index < -0.39 is 11.9 Å². The van der Waals surface area contributed by atoms with Crippen LogP contribution in [-0.4, -0.2) is 29.2 Å². The van der Waals surface area contributed by atoms with Crippen molar-refractivity contribution in [3.05, 3.63) is 105 Å². The van der Waals surface area contributed by atoms with E-state index in [1.165, 1.54) is 41.0 Å². The molecular formula is C25H23Cl2NO4. The molecule has 166 valence electrons. The van der Waals surface area contributed by atoms with Gasteiger partial charge >= 0.3 is 11.9 Å². The van der Waals surface area contributed by atoms with Gasteiger partial charge in [0.1, 0.15) is 0 Å². The number of carboxylic acids is 2. The number of benzene rings is 3. The summed E-state index contributed by atoms with van der Waals surface area (Å²) in [5.41, 5.74) is 3.67. The van der Waals surface area contributed by atoms with Crippen LogP contribution in [0.5, 0.6) is 0 Å². The second kappa shape index (κ2) is 10.6. The fourth-order valence-electron chi connectivity index (χ4n) is 4.02. The van der Waals surface area contributed by atoms with Gasteiger partial charge in [-0.25, -0.2) is 9.59 Å². The Kier molecular flexibility index (Phi) is 7.91. The van der Waals surface area contributed by atoms with Crippen LogP contribution in [0.15, 0.2) is 66.7 Å². The maximum Gasteiger partial charge on any atom is 0.336 e. The minimum absolute atomic E-state index is 0.190. The average molecular weight is 472 g/mol. The lowest BCUT2D eigenvalue weighted by Gasteiger charge is -2.32. The second-order valence-corrected chi connectivity index (χ2v) is 8.24. The number of halogens is 2. The number of rotatable bonds is 4. The van der Waals surface area contributed by atoms with Crippen molar-refractivity contribution in [2.75, 3.05) is 7.05 Å². The number of carboxylic acid groups (broad SMARTS) is 2. The molecule has 0 heterocycles. The Balaban J connectivity index is 0.000000207. The molecule has 5 nitrogen and oxygen atoms in total. The van der Waals surface area contributed by atoms with E-state index in [1.54, 1.807) is 0 Å². The van der Waals surface area contributed by atoms with Crippen LogP contribution in [0.25, 0.3) is 0 Å². The van der Waals surface area contributed by atoms with Gasteiger partial charge in [-0.2, -0.15) is 0 Å². The molecule has 0 bridgehead atoms. The average Bonchev–Trinajstić information content (AvgIpc) is 2.80. The van der Waals surface area contributed by atoms with Crippen LogP contribution in [-0.2, 0) is 0 Å². The zero-order chi connectivity index (χ0) is 23.3. The van der Waals surface area contributed by atoms with Gasteiger partial charge < -0.3 is 15.5 Å². The first-order valence-electron chi connectivity index (χ1n) is 10.1. The largest absolute Gasteiger partial charge is 0.478 e. The van der Waals surface area contributed by atoms with Crippen LogP contribution in [0.3, 0.4) is 0 Å². The molecule has 7 heteroatoms. The highest BCUT2D eigenvalue weighted by Crippen LogP contribution is 2.42. The van der Waals surface area contributed by atoms with E-state index in [2.05, 4.69) is 35.6 Å². The van der Waals surface area contributed by atoms with Crippen LogP contribution in [0.2, 0.25) is 10.0 Å². The molecule has 0 saturated heterocycles. The van der Waals surface area contributed by atoms with Crippen molar-refractivity contribution in [1.82, 2.24) is 5.32 Å². The number of hydrogen-bond donors (Lipinski definition) is 3. The molecule has 4 rings (SSSR count). The Morgan fingerprint density at radius 3 is 1.91 bits per heavy atom. The normalized spacial score (nSPS) is 17.0. The van der Waals surface area contributed by atoms with Crippen molar-refractivity contribution in [3.8, 4) is 0 Å². The van der Waals surface area contributed by atoms with Gasteiger partial charge in [-0.3, -0.25) is 0 Å². The van der Waals surface area contributed by atoms with E-state index in [0.29, 0.717) is 22.0 Å². The van der Waals surface area contributed by atoms with E-state index >= 15 is 0 Å². The summed E-state index contributed by atoms with van der Waals surface area (Å²) in [6.07, 6.45) is 2.26. The predicted molar refractivity (Wildman–Crippen MR) is 126 cm³/mol. The van der Waals surface area contributed by atoms with Gasteiger partial charge in [0.05, 0.1) is 21.2 Å². The van der Waals surface area contributed by atoms with Crippen LogP contribution < -0.4 is 5.32 Å². The Morgan fingerprint density at radius 1 is 0.812 bits per heavy atom. The molecule has 3 aromatic carbocycles. The molecule has 0 unspecified atom stereocenters. The van der Waals surface area contributed by atoms with E-state index in [0.717, 1.165) is 12.8 Å². The third kappa shape index (κ3) is 5.30. The third-order valence-corrected chi connectivity index (χ3v) is 6.31. The van der Waals surface area contributed by atoms with Gasteiger partial charge in [-0.15, -0.1) is 0 Å². The Hall–Kier alpha value is -2.86. The van der Waals surface area contributed by atoms with Crippen molar-refractivity contribution in [2.45, 2.75) is 24.8 Å². The Bertz CT molecular complexity index is 1100. The first-order valence-corrected chi connectivity index (χ1v) is 10.9. The first kappa shape index (κ1) is 23.8. The summed E-state index contributed by atoms with van der Waals surface area (Å²) in [5, 5.41) is 21.8. The lowest BCUT2D eigenvalue weighted by Crippen LogP contribution is -2.24. The Labute approximate surface area is 196 Å². The lowest BCUT2D eigenvalue weighted by molar-refractivity contribution is 0.0651. The zero-order valence-electron chi connectivity index (χ0n) is 17.4. The van der Waals surface area contributed by atoms with Gasteiger partial charge in [0.15, 0.2) is 0 Å². The summed E-state index contributed by atoms with van der Waals surface area (Å²) in [4.78, 5) is 20.9. The van der Waals surface area contributed by atoms with Gasteiger partial charge in [-0.05, 0) is 60.8 Å². The van der Waals surface area contributed by atoms with Gasteiger partial charge in [0, 0.05) is 12.0 Å². The highest BCUT2D eigenvalue weighted by Gasteiger charge is 2.27. The quantitative estimate of drug-likeness (QED) is 0.417. The van der Waals surface area contributed by atoms with Crippen molar-refractivity contribution in [3.63, 3.8) is 0 Å². The first-order chi connectivity index (χ1) is 15.3. The molecule has 0 spiro atoms. The van der Waals surface area contributed by atoms with Gasteiger partial charge in [-0.1, -0.05) is 65.7 Å². The summed E-state index contributed by atoms with van der Waals surface area (Å²) in [5.74, 6) is -2.05. The van der Waals surface area contributed by atoms with E-state index in [1.807, 2.05) is 19.2 Å². The second-order valence-electron chi connectivity index (χ2n) is 7.43. The molecule has 0 aromatic heterocycles. The number of nitrogens with one attached hydrogen (secondary N) is 1. The van der Waals surface area contributed by atoms with E-state index in [4.69, 9.17) is 33.4 Å². The van der Waals surface area contributed by atoms with Crippen molar-refractivity contribution < 1.29 is 19.8 Å². The van der Waals surface area contributed by atoms with Gasteiger partial charge in [0.25, 0.3) is 0 Å². The minimum atomic E-state index is -1.23. The molecule has 3 aromatic rings. The van der Waals surface area contributed by atoms with Crippen LogP contribution in [0.1, 0.15) is 62.2 Å². The zero-order valence-corrected chi connectivity index (χ0v) is 18.9. The molecule has 0 amide bonds. The van der Waals surface area contributed by atoms with E-state index in [-0.39, 0.29) is 11.1 Å². The number of carbonyl (C=O) groups is 2. The molecule has 2 atom stereocenters. The molecule has 0 aliphatic heterocycles. The monoisotopic (exact) mass is 471 g/mol. The highest BCUT2D eigenvalue weighted by atomic mass is 35.5. The molecule has 32 heavy (non-hydrogen) atoms. The Morgan fingerprint density at radius 2 is 1.38 bits per heavy atom. The maximum atomic E-state index is 10.5. The summed E-state index contributed by atoms with van der Waals surface area (Å²) < 4.78 is 0. The standard InChI is InChI=1S/C17H17Cl2N.C8H6O4/c1-20-17-9-7-12(13-4-2-3-5-14(13)17)11-6-8-15(18)16(19)10-11;9-7(10)5-3-1-2-4-6(5)8(11)12/h2-6,8,10,12,17,20H,7,9H2,1H3;1-4H,(H,9,10)(H,11,12)/t12-,17-;/m0./s1. The number of fused-ring (bicyclic) bond motifs is 1. The molecule has 0 fully saturated rings. The van der Waals surface area contributed by atoms with Crippen molar-refractivity contribution >= 4 is 35.1 Å². The number of hydrogen-bond acceptors (Lipinski definition) is 3. The number of aromatic carboxylic acids is 2. The topological polar surface area (TPSA) is 86.6 Å². The molecule has 3 N–H and O–H groups in total. The minimum Gasteiger partial charge on any atom is -0.478 e. The SMILES string of the molecule is CN[C@H]1CC[C@@H](c2ccc(Cl)c(Cl)c2)c2ccccc21.O=C(O)c1ccccc1C(=O)O. The highest BCUT2D eigenvalue weighted by molar-refractivity contribution is 6.42. The molecule has 1 aliphatic carbocycles. The van der Waals surface area contributed by atoms with Crippen molar-refractivity contribution in [1.29, 1.82) is 0 Å². The maximum absolute atomic E-state index is 10.5. The smallest absolute Gasteiger partial charge is 0.336 e. The summed E-state index contributed by atoms with van der Waals surface area (Å²) in [6, 6.07) is 20.6. The summed E-state index contributed by atoms with van der Waals surface area (Å²) in [7, 11) is 2.03. The summed E-state index contributed by atoms with van der Waals surface area (Å²) >= 11 is 12.2. The lowest BCUT2D eigenvalue weighted by atomic mass is 9.77. The predicted octanol–water partition coefficient (Wildman–Crippen LogP) is 6.26. The summed E-state index contributed by atoms with van der Waals surface area (Å²) in [6.45, 7) is 0.